The van der Waals surface area contributed by atoms with Crippen LogP contribution in [0.2, 0.25) is 0 Å². The molecular formula is C24H28N2O4. The van der Waals surface area contributed by atoms with E-state index in [1.807, 2.05) is 30.5 Å². The number of ether oxygens (including phenoxy) is 2. The third-order valence-corrected chi connectivity index (χ3v) is 4.97. The molecule has 1 aromatic heterocycles. The van der Waals surface area contributed by atoms with Gasteiger partial charge in [0.05, 0.1) is 13.7 Å². The Kier molecular flexibility index (Phi) is 7.12. The molecule has 6 heteroatoms. The molecule has 3 aromatic rings. The number of benzene rings is 2. The van der Waals surface area contributed by atoms with Crippen molar-refractivity contribution in [3.63, 3.8) is 0 Å². The van der Waals surface area contributed by atoms with Gasteiger partial charge in [-0.2, -0.15) is 0 Å². The van der Waals surface area contributed by atoms with Gasteiger partial charge in [-0.25, -0.2) is 4.79 Å². The van der Waals surface area contributed by atoms with Crippen molar-refractivity contribution < 1.29 is 19.1 Å². The van der Waals surface area contributed by atoms with Gasteiger partial charge in [0, 0.05) is 29.1 Å². The summed E-state index contributed by atoms with van der Waals surface area (Å²) in [6.07, 6.45) is 3.16. The van der Waals surface area contributed by atoms with Gasteiger partial charge in [-0.3, -0.25) is 4.79 Å². The SMILES string of the molecule is COC(=O)[C@H](Cc1c[nH]c2ccccc12)NC(=O)c1ccc(OCCC(C)C)cc1. The fourth-order valence-electron chi connectivity index (χ4n) is 3.21. The predicted octanol–water partition coefficient (Wildman–Crippen LogP) is 4.11. The number of carbonyl (C=O) groups excluding carboxylic acids is 2. The molecule has 0 radical (unpaired) electrons. The van der Waals surface area contributed by atoms with Crippen molar-refractivity contribution in [2.75, 3.05) is 13.7 Å². The molecule has 0 saturated carbocycles. The third-order valence-electron chi connectivity index (χ3n) is 4.97. The lowest BCUT2D eigenvalue weighted by molar-refractivity contribution is -0.142. The standard InChI is InChI=1S/C24H28N2O4/c1-16(2)12-13-30-19-10-8-17(9-11-19)23(27)26-22(24(28)29-3)14-18-15-25-21-7-5-4-6-20(18)21/h4-11,15-16,22,25H,12-14H2,1-3H3,(H,26,27)/t22-/m0/s1. The van der Waals surface area contributed by atoms with E-state index in [0.29, 0.717) is 24.5 Å². The zero-order valence-corrected chi connectivity index (χ0v) is 17.6. The summed E-state index contributed by atoms with van der Waals surface area (Å²) in [6.45, 7) is 4.92. The first-order chi connectivity index (χ1) is 14.5. The molecule has 0 fully saturated rings. The number of rotatable bonds is 9. The summed E-state index contributed by atoms with van der Waals surface area (Å²) in [7, 11) is 1.32. The number of fused-ring (bicyclic) bond motifs is 1. The average molecular weight is 408 g/mol. The third kappa shape index (κ3) is 5.41. The topological polar surface area (TPSA) is 80.4 Å². The molecule has 158 valence electrons. The summed E-state index contributed by atoms with van der Waals surface area (Å²) in [5.74, 6) is 0.471. The fourth-order valence-corrected chi connectivity index (χ4v) is 3.21. The van der Waals surface area contributed by atoms with Gasteiger partial charge < -0.3 is 19.8 Å². The number of esters is 1. The maximum absolute atomic E-state index is 12.7. The number of aromatic amines is 1. The number of hydrogen-bond acceptors (Lipinski definition) is 4. The number of aromatic nitrogens is 1. The van der Waals surface area contributed by atoms with Crippen molar-refractivity contribution in [2.24, 2.45) is 5.92 Å². The smallest absolute Gasteiger partial charge is 0.328 e. The van der Waals surface area contributed by atoms with Crippen LogP contribution in [-0.2, 0) is 16.0 Å². The molecule has 2 aromatic carbocycles. The van der Waals surface area contributed by atoms with E-state index in [-0.39, 0.29) is 5.91 Å². The highest BCUT2D eigenvalue weighted by Crippen LogP contribution is 2.20. The van der Waals surface area contributed by atoms with Gasteiger partial charge in [-0.05, 0) is 48.2 Å². The predicted molar refractivity (Wildman–Crippen MR) is 117 cm³/mol. The lowest BCUT2D eigenvalue weighted by atomic mass is 10.0. The van der Waals surface area contributed by atoms with Gasteiger partial charge in [-0.1, -0.05) is 32.0 Å². The molecule has 2 N–H and O–H groups in total. The molecule has 3 rings (SSSR count). The minimum Gasteiger partial charge on any atom is -0.494 e. The number of nitrogens with one attached hydrogen (secondary N) is 2. The highest BCUT2D eigenvalue weighted by atomic mass is 16.5. The van der Waals surface area contributed by atoms with Crippen molar-refractivity contribution in [2.45, 2.75) is 32.7 Å². The highest BCUT2D eigenvalue weighted by molar-refractivity contribution is 5.97. The van der Waals surface area contributed by atoms with Crippen LogP contribution >= 0.6 is 0 Å². The second-order valence-electron chi connectivity index (χ2n) is 7.67. The van der Waals surface area contributed by atoms with E-state index in [2.05, 4.69) is 24.1 Å². The van der Waals surface area contributed by atoms with Gasteiger partial charge in [-0.15, -0.1) is 0 Å². The Morgan fingerprint density at radius 2 is 1.80 bits per heavy atom. The van der Waals surface area contributed by atoms with Gasteiger partial charge >= 0.3 is 5.97 Å². The van der Waals surface area contributed by atoms with Gasteiger partial charge in [0.15, 0.2) is 0 Å². The molecule has 0 bridgehead atoms. The molecule has 0 unspecified atom stereocenters. The molecule has 0 aliphatic heterocycles. The normalized spacial score (nSPS) is 12.0. The van der Waals surface area contributed by atoms with E-state index >= 15 is 0 Å². The molecule has 0 aliphatic carbocycles. The Morgan fingerprint density at radius 1 is 1.07 bits per heavy atom. The van der Waals surface area contributed by atoms with Crippen LogP contribution in [0.15, 0.2) is 54.7 Å². The first-order valence-electron chi connectivity index (χ1n) is 10.1. The summed E-state index contributed by atoms with van der Waals surface area (Å²) in [5.41, 5.74) is 2.38. The minimum absolute atomic E-state index is 0.332. The van der Waals surface area contributed by atoms with E-state index in [0.717, 1.165) is 28.6 Å². The molecule has 0 aliphatic rings. The Hall–Kier alpha value is -3.28. The van der Waals surface area contributed by atoms with Crippen LogP contribution in [0.25, 0.3) is 10.9 Å². The zero-order chi connectivity index (χ0) is 21.5. The quantitative estimate of drug-likeness (QED) is 0.522. The van der Waals surface area contributed by atoms with Crippen LogP contribution in [0, 0.1) is 5.92 Å². The molecule has 0 saturated heterocycles. The minimum atomic E-state index is -0.788. The Bertz CT molecular complexity index is 992. The lowest BCUT2D eigenvalue weighted by Gasteiger charge is -2.16. The number of methoxy groups -OCH3 is 1. The van der Waals surface area contributed by atoms with Gasteiger partial charge in [0.2, 0.25) is 0 Å². The largest absolute Gasteiger partial charge is 0.494 e. The van der Waals surface area contributed by atoms with Crippen LogP contribution in [0.1, 0.15) is 36.2 Å². The van der Waals surface area contributed by atoms with Crippen LogP contribution in [-0.4, -0.2) is 36.6 Å². The van der Waals surface area contributed by atoms with Crippen LogP contribution in [0.5, 0.6) is 5.75 Å². The van der Waals surface area contributed by atoms with E-state index < -0.39 is 12.0 Å². The maximum Gasteiger partial charge on any atom is 0.328 e. The zero-order valence-electron chi connectivity index (χ0n) is 17.6. The van der Waals surface area contributed by atoms with E-state index in [4.69, 9.17) is 9.47 Å². The second-order valence-corrected chi connectivity index (χ2v) is 7.67. The number of carbonyl (C=O) groups is 2. The molecule has 0 spiro atoms. The maximum atomic E-state index is 12.7. The summed E-state index contributed by atoms with van der Waals surface area (Å²) < 4.78 is 10.6. The van der Waals surface area contributed by atoms with Crippen LogP contribution < -0.4 is 10.1 Å². The number of H-pyrrole nitrogens is 1. The Balaban J connectivity index is 1.67. The molecular weight excluding hydrogens is 380 g/mol. The molecule has 1 amide bonds. The van der Waals surface area contributed by atoms with Crippen LogP contribution in [0.4, 0.5) is 0 Å². The monoisotopic (exact) mass is 408 g/mol. The number of hydrogen-bond donors (Lipinski definition) is 2. The van der Waals surface area contributed by atoms with Crippen LogP contribution in [0.3, 0.4) is 0 Å². The number of amides is 1. The number of para-hydroxylation sites is 1. The van der Waals surface area contributed by atoms with Crippen molar-refractivity contribution in [3.8, 4) is 5.75 Å². The van der Waals surface area contributed by atoms with Crippen molar-refractivity contribution >= 4 is 22.8 Å². The lowest BCUT2D eigenvalue weighted by Crippen LogP contribution is -2.43. The van der Waals surface area contributed by atoms with Crippen molar-refractivity contribution in [1.29, 1.82) is 0 Å². The summed E-state index contributed by atoms with van der Waals surface area (Å²) in [6, 6.07) is 14.0. The first-order valence-corrected chi connectivity index (χ1v) is 10.1. The van der Waals surface area contributed by atoms with Gasteiger partial charge in [0.1, 0.15) is 11.8 Å². The van der Waals surface area contributed by atoms with E-state index in [1.54, 1.807) is 24.3 Å². The average Bonchev–Trinajstić information content (AvgIpc) is 3.16. The Morgan fingerprint density at radius 3 is 2.50 bits per heavy atom. The summed E-state index contributed by atoms with van der Waals surface area (Å²) >= 11 is 0. The highest BCUT2D eigenvalue weighted by Gasteiger charge is 2.24. The fraction of sp³-hybridized carbons (Fsp3) is 0.333. The summed E-state index contributed by atoms with van der Waals surface area (Å²) in [5, 5.41) is 3.81. The van der Waals surface area contributed by atoms with Gasteiger partial charge in [0.25, 0.3) is 5.91 Å². The summed E-state index contributed by atoms with van der Waals surface area (Å²) in [4.78, 5) is 28.2. The first kappa shape index (κ1) is 21.4. The second kappa shape index (κ2) is 9.96. The van der Waals surface area contributed by atoms with E-state index in [9.17, 15) is 9.59 Å². The van der Waals surface area contributed by atoms with Crippen molar-refractivity contribution in [1.82, 2.24) is 10.3 Å². The Labute approximate surface area is 176 Å². The molecule has 6 nitrogen and oxygen atoms in total. The molecule has 30 heavy (non-hydrogen) atoms. The molecule has 1 atom stereocenters. The molecule has 1 heterocycles. The van der Waals surface area contributed by atoms with Crippen molar-refractivity contribution in [3.05, 3.63) is 65.9 Å². The van der Waals surface area contributed by atoms with E-state index in [1.165, 1.54) is 7.11 Å².